The normalized spacial score (nSPS) is 12.8. The molecule has 0 N–H and O–H groups in total. The summed E-state index contributed by atoms with van der Waals surface area (Å²) in [5, 5.41) is 0. The van der Waals surface area contributed by atoms with Crippen LogP contribution >= 0.6 is 0 Å². The summed E-state index contributed by atoms with van der Waals surface area (Å²) in [6.45, 7) is 6.45. The first-order chi connectivity index (χ1) is 37.5. The Labute approximate surface area is 470 Å². The van der Waals surface area contributed by atoms with Gasteiger partial charge in [-0.15, -0.1) is 0 Å². The highest BCUT2D eigenvalue weighted by Crippen LogP contribution is 2.16. The number of rotatable bonds is 57. The van der Waals surface area contributed by atoms with Gasteiger partial charge in [0.2, 0.25) is 0 Å². The van der Waals surface area contributed by atoms with E-state index in [-0.39, 0.29) is 31.1 Å². The first-order valence-electron chi connectivity index (χ1n) is 31.9. The zero-order chi connectivity index (χ0) is 55.0. The molecule has 0 spiro atoms. The van der Waals surface area contributed by atoms with E-state index < -0.39 is 6.10 Å². The van der Waals surface area contributed by atoms with Crippen LogP contribution in [0.2, 0.25) is 0 Å². The number of allylic oxidation sites excluding steroid dienone is 18. The van der Waals surface area contributed by atoms with Crippen LogP contribution in [0.15, 0.2) is 109 Å². The standard InChI is InChI=1S/C70H118O6/c1-4-7-10-13-16-19-22-24-26-28-30-32-34-35-37-38-40-42-44-46-48-51-54-57-60-63-69(72)75-66-67(65-74-68(71)62-59-56-53-50-21-18-15-12-9-6-3)76-70(73)64-61-58-55-52-49-47-45-43-41-39-36-33-31-29-27-25-23-20-17-14-11-8-5-2/h7,10,12,15-16,19,23-26,29-32,35,37,40,42,67H,4-6,8-9,11,13-14,17-18,20-22,27-28,33-34,36,38-39,41,43-66H2,1-3H3/b10-7-,15-12-,19-16-,25-23-,26-24-,31-29-,32-30-,37-35-,42-40-. The van der Waals surface area contributed by atoms with Crippen molar-refractivity contribution in [2.24, 2.45) is 0 Å². The molecular weight excluding hydrogens is 937 g/mol. The lowest BCUT2D eigenvalue weighted by Crippen LogP contribution is -2.30. The fourth-order valence-electron chi connectivity index (χ4n) is 8.71. The lowest BCUT2D eigenvalue weighted by Gasteiger charge is -2.18. The van der Waals surface area contributed by atoms with Gasteiger partial charge in [0, 0.05) is 19.3 Å². The van der Waals surface area contributed by atoms with Crippen molar-refractivity contribution in [2.45, 2.75) is 303 Å². The third-order valence-electron chi connectivity index (χ3n) is 13.5. The van der Waals surface area contributed by atoms with Gasteiger partial charge < -0.3 is 14.2 Å². The average Bonchev–Trinajstić information content (AvgIpc) is 3.42. The number of hydrogen-bond donors (Lipinski definition) is 0. The van der Waals surface area contributed by atoms with Crippen LogP contribution in [0, 0.1) is 0 Å². The van der Waals surface area contributed by atoms with Crippen molar-refractivity contribution < 1.29 is 28.6 Å². The predicted octanol–water partition coefficient (Wildman–Crippen LogP) is 21.8. The Hall–Kier alpha value is -3.93. The number of esters is 3. The second-order valence-corrected chi connectivity index (χ2v) is 20.9. The Bertz CT molecular complexity index is 1540. The maximum atomic E-state index is 12.9. The summed E-state index contributed by atoms with van der Waals surface area (Å²) in [6, 6.07) is 0. The maximum Gasteiger partial charge on any atom is 0.306 e. The molecule has 0 aliphatic carbocycles. The third-order valence-corrected chi connectivity index (χ3v) is 13.5. The fraction of sp³-hybridized carbons (Fsp3) is 0.700. The molecule has 434 valence electrons. The molecule has 0 aliphatic heterocycles. The molecule has 6 nitrogen and oxygen atoms in total. The van der Waals surface area contributed by atoms with Crippen molar-refractivity contribution in [2.75, 3.05) is 13.2 Å². The van der Waals surface area contributed by atoms with E-state index in [1.54, 1.807) is 0 Å². The van der Waals surface area contributed by atoms with Crippen molar-refractivity contribution in [3.63, 3.8) is 0 Å². The number of carbonyl (C=O) groups is 3. The van der Waals surface area contributed by atoms with Gasteiger partial charge in [-0.1, -0.05) is 265 Å². The van der Waals surface area contributed by atoms with Gasteiger partial charge in [-0.3, -0.25) is 14.4 Å². The molecule has 0 aromatic rings. The molecular formula is C70H118O6. The van der Waals surface area contributed by atoms with Gasteiger partial charge in [0.25, 0.3) is 0 Å². The summed E-state index contributed by atoms with van der Waals surface area (Å²) >= 11 is 0. The van der Waals surface area contributed by atoms with Crippen LogP contribution in [0.5, 0.6) is 0 Å². The SMILES string of the molecule is CC/C=C\C/C=C\C/C=C\C/C=C\C/C=C\C/C=C\CCCCCCCCC(=O)OCC(COC(=O)CCCCCCC/C=C\CCC)OC(=O)CCCCCCCCCCCCC/C=C\C/C=C\CCCCCCC. The zero-order valence-corrected chi connectivity index (χ0v) is 49.7. The molecule has 0 bridgehead atoms. The molecule has 1 atom stereocenters. The minimum absolute atomic E-state index is 0.0885. The molecule has 0 fully saturated rings. The molecule has 0 aromatic heterocycles. The molecule has 6 heteroatoms. The van der Waals surface area contributed by atoms with E-state index in [0.29, 0.717) is 19.3 Å². The summed E-state index contributed by atoms with van der Waals surface area (Å²) in [5.74, 6) is -0.910. The molecule has 0 saturated heterocycles. The minimum atomic E-state index is -0.791. The highest BCUT2D eigenvalue weighted by Gasteiger charge is 2.19. The summed E-state index contributed by atoms with van der Waals surface area (Å²) in [6.07, 6.45) is 86.7. The summed E-state index contributed by atoms with van der Waals surface area (Å²) in [4.78, 5) is 38.2. The molecule has 0 heterocycles. The predicted molar refractivity (Wildman–Crippen MR) is 330 cm³/mol. The Kier molecular flexibility index (Phi) is 60.3. The van der Waals surface area contributed by atoms with E-state index in [2.05, 4.69) is 130 Å². The molecule has 0 rings (SSSR count). The molecule has 0 amide bonds. The van der Waals surface area contributed by atoms with Crippen molar-refractivity contribution in [1.82, 2.24) is 0 Å². The Balaban J connectivity index is 4.30. The van der Waals surface area contributed by atoms with E-state index in [4.69, 9.17) is 14.2 Å². The smallest absolute Gasteiger partial charge is 0.306 e. The highest BCUT2D eigenvalue weighted by atomic mass is 16.6. The van der Waals surface area contributed by atoms with Crippen LogP contribution in [0.4, 0.5) is 0 Å². The molecule has 0 radical (unpaired) electrons. The second-order valence-electron chi connectivity index (χ2n) is 20.9. The monoisotopic (exact) mass is 1050 g/mol. The van der Waals surface area contributed by atoms with Crippen LogP contribution in [-0.4, -0.2) is 37.2 Å². The van der Waals surface area contributed by atoms with Crippen LogP contribution in [0.25, 0.3) is 0 Å². The van der Waals surface area contributed by atoms with Gasteiger partial charge in [0.05, 0.1) is 0 Å². The number of ether oxygens (including phenoxy) is 3. The van der Waals surface area contributed by atoms with Gasteiger partial charge in [0.1, 0.15) is 13.2 Å². The lowest BCUT2D eigenvalue weighted by molar-refractivity contribution is -0.167. The van der Waals surface area contributed by atoms with E-state index in [1.807, 2.05) is 0 Å². The quantitative estimate of drug-likeness (QED) is 0.0261. The van der Waals surface area contributed by atoms with Gasteiger partial charge >= 0.3 is 17.9 Å². The maximum absolute atomic E-state index is 12.9. The van der Waals surface area contributed by atoms with Crippen molar-refractivity contribution in [1.29, 1.82) is 0 Å². The number of carbonyl (C=O) groups excluding carboxylic acids is 3. The first kappa shape index (κ1) is 72.1. The molecule has 0 saturated carbocycles. The van der Waals surface area contributed by atoms with Gasteiger partial charge in [-0.05, 0) is 122 Å². The highest BCUT2D eigenvalue weighted by molar-refractivity contribution is 5.71. The van der Waals surface area contributed by atoms with E-state index in [9.17, 15) is 14.4 Å². The topological polar surface area (TPSA) is 78.9 Å². The zero-order valence-electron chi connectivity index (χ0n) is 49.7. The average molecular weight is 1060 g/mol. The number of hydrogen-bond acceptors (Lipinski definition) is 6. The van der Waals surface area contributed by atoms with E-state index >= 15 is 0 Å². The van der Waals surface area contributed by atoms with Crippen LogP contribution in [0.3, 0.4) is 0 Å². The molecule has 1 unspecified atom stereocenters. The van der Waals surface area contributed by atoms with Gasteiger partial charge in [0.15, 0.2) is 6.10 Å². The van der Waals surface area contributed by atoms with Crippen LogP contribution in [-0.2, 0) is 28.6 Å². The fourth-order valence-corrected chi connectivity index (χ4v) is 8.71. The molecule has 76 heavy (non-hydrogen) atoms. The van der Waals surface area contributed by atoms with Crippen LogP contribution < -0.4 is 0 Å². The van der Waals surface area contributed by atoms with Crippen molar-refractivity contribution in [3.8, 4) is 0 Å². The Morgan fingerprint density at radius 1 is 0.276 bits per heavy atom. The largest absolute Gasteiger partial charge is 0.462 e. The van der Waals surface area contributed by atoms with Crippen LogP contribution in [0.1, 0.15) is 297 Å². The van der Waals surface area contributed by atoms with Gasteiger partial charge in [-0.2, -0.15) is 0 Å². The summed E-state index contributed by atoms with van der Waals surface area (Å²) in [5.41, 5.74) is 0. The number of unbranched alkanes of at least 4 members (excludes halogenated alkanes) is 28. The summed E-state index contributed by atoms with van der Waals surface area (Å²) < 4.78 is 16.9. The van der Waals surface area contributed by atoms with Crippen molar-refractivity contribution in [3.05, 3.63) is 109 Å². The molecule has 0 aromatic carbocycles. The second kappa shape index (κ2) is 63.6. The minimum Gasteiger partial charge on any atom is -0.462 e. The first-order valence-corrected chi connectivity index (χ1v) is 31.9. The lowest BCUT2D eigenvalue weighted by atomic mass is 10.0. The Morgan fingerprint density at radius 3 is 0.868 bits per heavy atom. The van der Waals surface area contributed by atoms with E-state index in [0.717, 1.165) is 135 Å². The molecule has 0 aliphatic rings. The summed E-state index contributed by atoms with van der Waals surface area (Å²) in [7, 11) is 0. The van der Waals surface area contributed by atoms with Crippen molar-refractivity contribution >= 4 is 17.9 Å². The van der Waals surface area contributed by atoms with E-state index in [1.165, 1.54) is 122 Å². The third kappa shape index (κ3) is 60.9. The van der Waals surface area contributed by atoms with Gasteiger partial charge in [-0.25, -0.2) is 0 Å². The Morgan fingerprint density at radius 2 is 0.539 bits per heavy atom.